The van der Waals surface area contributed by atoms with Crippen LogP contribution in [0.1, 0.15) is 37.7 Å². The van der Waals surface area contributed by atoms with Crippen LogP contribution in [0.5, 0.6) is 0 Å². The molecule has 1 fully saturated rings. The molecule has 0 unspecified atom stereocenters. The summed E-state index contributed by atoms with van der Waals surface area (Å²) in [7, 11) is 0. The van der Waals surface area contributed by atoms with Crippen molar-refractivity contribution in [2.75, 3.05) is 12.3 Å². The summed E-state index contributed by atoms with van der Waals surface area (Å²) in [4.78, 5) is 23.1. The molecule has 1 saturated carbocycles. The zero-order valence-electron chi connectivity index (χ0n) is 12.2. The van der Waals surface area contributed by atoms with Gasteiger partial charge in [0.15, 0.2) is 0 Å². The summed E-state index contributed by atoms with van der Waals surface area (Å²) in [6, 6.07) is 7.96. The van der Waals surface area contributed by atoms with E-state index in [1.807, 2.05) is 24.3 Å². The Morgan fingerprint density at radius 3 is 2.48 bits per heavy atom. The minimum Gasteiger partial charge on any atom is -0.399 e. The lowest BCUT2D eigenvalue weighted by atomic mass is 10.1. The maximum Gasteiger partial charge on any atom is 0.220 e. The van der Waals surface area contributed by atoms with Crippen LogP contribution in [0.2, 0.25) is 0 Å². The molecule has 21 heavy (non-hydrogen) atoms. The second-order valence-corrected chi connectivity index (χ2v) is 5.54. The fourth-order valence-electron chi connectivity index (χ4n) is 2.03. The summed E-state index contributed by atoms with van der Waals surface area (Å²) in [5, 5.41) is 5.78. The number of nitrogens with one attached hydrogen (secondary N) is 2. The molecular weight excluding hydrogens is 266 g/mol. The Kier molecular flexibility index (Phi) is 5.60. The van der Waals surface area contributed by atoms with Gasteiger partial charge >= 0.3 is 0 Å². The van der Waals surface area contributed by atoms with E-state index in [-0.39, 0.29) is 11.8 Å². The molecule has 2 amide bonds. The third-order valence-corrected chi connectivity index (χ3v) is 3.47. The second kappa shape index (κ2) is 7.67. The number of anilines is 1. The summed E-state index contributed by atoms with van der Waals surface area (Å²) in [5.41, 5.74) is 7.44. The highest BCUT2D eigenvalue weighted by atomic mass is 16.2. The van der Waals surface area contributed by atoms with Crippen LogP contribution in [0.4, 0.5) is 5.69 Å². The quantitative estimate of drug-likeness (QED) is 0.499. The molecule has 2 rings (SSSR count). The van der Waals surface area contributed by atoms with Crippen LogP contribution < -0.4 is 16.4 Å². The number of hydrogen-bond acceptors (Lipinski definition) is 3. The Bertz CT molecular complexity index is 481. The van der Waals surface area contributed by atoms with Gasteiger partial charge in [0.05, 0.1) is 0 Å². The highest BCUT2D eigenvalue weighted by Gasteiger charge is 2.22. The van der Waals surface area contributed by atoms with E-state index in [1.165, 1.54) is 0 Å². The summed E-state index contributed by atoms with van der Waals surface area (Å²) in [5.74, 6) is 0.114. The van der Waals surface area contributed by atoms with Crippen LogP contribution in [0.25, 0.3) is 0 Å². The largest absolute Gasteiger partial charge is 0.399 e. The Morgan fingerprint density at radius 2 is 1.81 bits per heavy atom. The molecule has 1 aliphatic rings. The van der Waals surface area contributed by atoms with Gasteiger partial charge in [0.2, 0.25) is 11.8 Å². The highest BCUT2D eigenvalue weighted by Crippen LogP contribution is 2.18. The SMILES string of the molecule is Nc1ccc(CCC(=O)NCCCC(=O)NC2CC2)cc1. The third kappa shape index (κ3) is 6.29. The standard InChI is InChI=1S/C16H23N3O2/c17-13-6-3-12(4-7-13)5-10-15(20)18-11-1-2-16(21)19-14-8-9-14/h3-4,6-7,14H,1-2,5,8-11,17H2,(H,18,20)(H,19,21). The zero-order valence-corrected chi connectivity index (χ0v) is 12.2. The summed E-state index contributed by atoms with van der Waals surface area (Å²) < 4.78 is 0. The Labute approximate surface area is 125 Å². The van der Waals surface area contributed by atoms with E-state index in [1.54, 1.807) is 0 Å². The minimum absolute atomic E-state index is 0.0226. The molecule has 0 spiro atoms. The van der Waals surface area contributed by atoms with Crippen molar-refractivity contribution in [2.45, 2.75) is 44.6 Å². The summed E-state index contributed by atoms with van der Waals surface area (Å²) in [6.45, 7) is 0.554. The molecule has 0 radical (unpaired) electrons. The number of hydrogen-bond donors (Lipinski definition) is 3. The maximum atomic E-state index is 11.7. The topological polar surface area (TPSA) is 84.2 Å². The first-order valence-corrected chi connectivity index (χ1v) is 7.54. The van der Waals surface area contributed by atoms with Gasteiger partial charge in [0.25, 0.3) is 0 Å². The zero-order chi connectivity index (χ0) is 15.1. The van der Waals surface area contributed by atoms with Gasteiger partial charge in [0, 0.05) is 31.1 Å². The van der Waals surface area contributed by atoms with Crippen molar-refractivity contribution in [1.29, 1.82) is 0 Å². The first-order chi connectivity index (χ1) is 10.1. The van der Waals surface area contributed by atoms with Gasteiger partial charge in [-0.15, -0.1) is 0 Å². The monoisotopic (exact) mass is 289 g/mol. The van der Waals surface area contributed by atoms with Gasteiger partial charge in [-0.2, -0.15) is 0 Å². The van der Waals surface area contributed by atoms with E-state index in [0.29, 0.717) is 38.3 Å². The first kappa shape index (κ1) is 15.4. The Hall–Kier alpha value is -2.04. The number of rotatable bonds is 8. The molecule has 0 aliphatic heterocycles. The lowest BCUT2D eigenvalue weighted by molar-refractivity contribution is -0.123. The van der Waals surface area contributed by atoms with E-state index < -0.39 is 0 Å². The molecule has 1 aliphatic carbocycles. The van der Waals surface area contributed by atoms with Gasteiger partial charge < -0.3 is 16.4 Å². The molecule has 0 heterocycles. The van der Waals surface area contributed by atoms with Crippen molar-refractivity contribution in [3.05, 3.63) is 29.8 Å². The van der Waals surface area contributed by atoms with Gasteiger partial charge in [-0.3, -0.25) is 9.59 Å². The number of carbonyl (C=O) groups excluding carboxylic acids is 2. The van der Waals surface area contributed by atoms with Gasteiger partial charge in [-0.05, 0) is 43.4 Å². The van der Waals surface area contributed by atoms with E-state index in [9.17, 15) is 9.59 Å². The predicted molar refractivity (Wildman–Crippen MR) is 82.6 cm³/mol. The third-order valence-electron chi connectivity index (χ3n) is 3.47. The van der Waals surface area contributed by atoms with Gasteiger partial charge in [-0.25, -0.2) is 0 Å². The number of benzene rings is 1. The molecule has 1 aromatic carbocycles. The number of amides is 2. The molecule has 4 N–H and O–H groups in total. The molecule has 114 valence electrons. The number of nitrogen functional groups attached to an aromatic ring is 1. The average Bonchev–Trinajstić information content (AvgIpc) is 3.27. The normalized spacial score (nSPS) is 13.7. The minimum atomic E-state index is 0.0226. The van der Waals surface area contributed by atoms with Crippen molar-refractivity contribution >= 4 is 17.5 Å². The van der Waals surface area contributed by atoms with Gasteiger partial charge in [-0.1, -0.05) is 12.1 Å². The molecule has 0 saturated heterocycles. The van der Waals surface area contributed by atoms with Crippen molar-refractivity contribution in [3.8, 4) is 0 Å². The molecule has 0 aromatic heterocycles. The first-order valence-electron chi connectivity index (χ1n) is 7.54. The van der Waals surface area contributed by atoms with Gasteiger partial charge in [0.1, 0.15) is 0 Å². The summed E-state index contributed by atoms with van der Waals surface area (Å²) in [6.07, 6.45) is 4.54. The predicted octanol–water partition coefficient (Wildman–Crippen LogP) is 1.38. The fraction of sp³-hybridized carbons (Fsp3) is 0.500. The molecule has 0 bridgehead atoms. The van der Waals surface area contributed by atoms with Crippen molar-refractivity contribution in [1.82, 2.24) is 10.6 Å². The number of nitrogens with two attached hydrogens (primary N) is 1. The Balaban J connectivity index is 1.52. The van der Waals surface area contributed by atoms with Crippen LogP contribution in [-0.2, 0) is 16.0 Å². The highest BCUT2D eigenvalue weighted by molar-refractivity contribution is 5.77. The molecule has 1 aromatic rings. The van der Waals surface area contributed by atoms with Crippen molar-refractivity contribution in [3.63, 3.8) is 0 Å². The van der Waals surface area contributed by atoms with Crippen molar-refractivity contribution in [2.24, 2.45) is 0 Å². The number of carbonyl (C=O) groups is 2. The van der Waals surface area contributed by atoms with Crippen LogP contribution >= 0.6 is 0 Å². The van der Waals surface area contributed by atoms with E-state index in [0.717, 1.165) is 24.1 Å². The van der Waals surface area contributed by atoms with E-state index in [4.69, 9.17) is 5.73 Å². The van der Waals surface area contributed by atoms with Crippen LogP contribution in [0, 0.1) is 0 Å². The molecule has 0 atom stereocenters. The number of aryl methyl sites for hydroxylation is 1. The summed E-state index contributed by atoms with van der Waals surface area (Å²) >= 11 is 0. The van der Waals surface area contributed by atoms with E-state index >= 15 is 0 Å². The second-order valence-electron chi connectivity index (χ2n) is 5.54. The van der Waals surface area contributed by atoms with E-state index in [2.05, 4.69) is 10.6 Å². The smallest absolute Gasteiger partial charge is 0.220 e. The maximum absolute atomic E-state index is 11.7. The van der Waals surface area contributed by atoms with Crippen LogP contribution in [0.3, 0.4) is 0 Å². The Morgan fingerprint density at radius 1 is 1.10 bits per heavy atom. The average molecular weight is 289 g/mol. The van der Waals surface area contributed by atoms with Crippen LogP contribution in [0.15, 0.2) is 24.3 Å². The van der Waals surface area contributed by atoms with Crippen LogP contribution in [-0.4, -0.2) is 24.4 Å². The fourth-order valence-corrected chi connectivity index (χ4v) is 2.03. The lowest BCUT2D eigenvalue weighted by Gasteiger charge is -2.06. The molecule has 5 heteroatoms. The lowest BCUT2D eigenvalue weighted by Crippen LogP contribution is -2.28. The molecule has 5 nitrogen and oxygen atoms in total. The van der Waals surface area contributed by atoms with Crippen molar-refractivity contribution < 1.29 is 9.59 Å². The molecular formula is C16H23N3O2.